The Morgan fingerprint density at radius 3 is 3.10 bits per heavy atom. The number of aromatic nitrogens is 2. The highest BCUT2D eigenvalue weighted by atomic mass is 16.6. The molecule has 21 heavy (non-hydrogen) atoms. The van der Waals surface area contributed by atoms with Crippen molar-refractivity contribution in [2.75, 3.05) is 49.7 Å². The minimum atomic E-state index is -0.134. The fourth-order valence-corrected chi connectivity index (χ4v) is 3.06. The molecule has 6 nitrogen and oxygen atoms in total. The second-order valence-electron chi connectivity index (χ2n) is 6.34. The van der Waals surface area contributed by atoms with E-state index in [4.69, 9.17) is 9.47 Å². The summed E-state index contributed by atoms with van der Waals surface area (Å²) in [4.78, 5) is 11.1. The standard InChI is InChI=1S/C15H22N4O2/c1-2-12(1)8-16-13-7-14(18-11-17-13)19-4-6-21-15(9-19)3-5-20-10-15/h7,11-12H,1-6,8-10H2,(H,16,17,18). The van der Waals surface area contributed by atoms with Gasteiger partial charge in [0, 0.05) is 32.2 Å². The maximum atomic E-state index is 5.97. The van der Waals surface area contributed by atoms with E-state index in [0.29, 0.717) is 6.61 Å². The van der Waals surface area contributed by atoms with Crippen molar-refractivity contribution in [1.29, 1.82) is 0 Å². The lowest BCUT2D eigenvalue weighted by atomic mass is 10.0. The average molecular weight is 290 g/mol. The van der Waals surface area contributed by atoms with E-state index in [0.717, 1.165) is 56.8 Å². The summed E-state index contributed by atoms with van der Waals surface area (Å²) in [5.41, 5.74) is -0.134. The van der Waals surface area contributed by atoms with Crippen LogP contribution < -0.4 is 10.2 Å². The normalized spacial score (nSPS) is 29.0. The molecule has 3 aliphatic rings. The molecule has 1 atom stereocenters. The molecule has 3 fully saturated rings. The van der Waals surface area contributed by atoms with E-state index in [-0.39, 0.29) is 5.60 Å². The monoisotopic (exact) mass is 290 g/mol. The van der Waals surface area contributed by atoms with Crippen LogP contribution in [0.25, 0.3) is 0 Å². The van der Waals surface area contributed by atoms with E-state index in [1.165, 1.54) is 12.8 Å². The number of ether oxygens (including phenoxy) is 2. The van der Waals surface area contributed by atoms with Crippen LogP contribution in [0, 0.1) is 5.92 Å². The van der Waals surface area contributed by atoms with E-state index in [1.807, 2.05) is 0 Å². The van der Waals surface area contributed by atoms with Crippen LogP contribution >= 0.6 is 0 Å². The molecule has 1 saturated carbocycles. The summed E-state index contributed by atoms with van der Waals surface area (Å²) in [7, 11) is 0. The van der Waals surface area contributed by atoms with Crippen LogP contribution in [-0.2, 0) is 9.47 Å². The van der Waals surface area contributed by atoms with Crippen LogP contribution in [0.15, 0.2) is 12.4 Å². The first-order valence-corrected chi connectivity index (χ1v) is 7.86. The summed E-state index contributed by atoms with van der Waals surface area (Å²) >= 11 is 0. The number of hydrogen-bond donors (Lipinski definition) is 1. The fourth-order valence-electron chi connectivity index (χ4n) is 3.06. The lowest BCUT2D eigenvalue weighted by Crippen LogP contribution is -2.52. The minimum absolute atomic E-state index is 0.134. The van der Waals surface area contributed by atoms with Gasteiger partial charge in [0.05, 0.1) is 19.8 Å². The Morgan fingerprint density at radius 2 is 2.29 bits per heavy atom. The van der Waals surface area contributed by atoms with Crippen LogP contribution in [0.4, 0.5) is 11.6 Å². The summed E-state index contributed by atoms with van der Waals surface area (Å²) in [6.07, 6.45) is 5.31. The molecule has 1 N–H and O–H groups in total. The van der Waals surface area contributed by atoms with Crippen LogP contribution in [0.3, 0.4) is 0 Å². The zero-order valence-electron chi connectivity index (χ0n) is 12.3. The average Bonchev–Trinajstić information content (AvgIpc) is 3.26. The van der Waals surface area contributed by atoms with Crippen LogP contribution in [0.5, 0.6) is 0 Å². The van der Waals surface area contributed by atoms with E-state index < -0.39 is 0 Å². The Morgan fingerprint density at radius 1 is 1.33 bits per heavy atom. The van der Waals surface area contributed by atoms with E-state index in [9.17, 15) is 0 Å². The summed E-state index contributed by atoms with van der Waals surface area (Å²) in [5, 5.41) is 3.41. The molecule has 1 aliphatic carbocycles. The Balaban J connectivity index is 1.45. The summed E-state index contributed by atoms with van der Waals surface area (Å²) in [5.74, 6) is 2.75. The van der Waals surface area contributed by atoms with Gasteiger partial charge in [0.2, 0.25) is 0 Å². The molecule has 1 aromatic rings. The van der Waals surface area contributed by atoms with Crippen molar-refractivity contribution in [1.82, 2.24) is 9.97 Å². The smallest absolute Gasteiger partial charge is 0.134 e. The first-order valence-electron chi connectivity index (χ1n) is 7.86. The molecule has 2 saturated heterocycles. The first kappa shape index (κ1) is 13.3. The number of anilines is 2. The Hall–Kier alpha value is -1.40. The molecule has 1 unspecified atom stereocenters. The second-order valence-corrected chi connectivity index (χ2v) is 6.34. The zero-order chi connectivity index (χ0) is 14.1. The summed E-state index contributed by atoms with van der Waals surface area (Å²) in [6.45, 7) is 4.98. The number of rotatable bonds is 4. The van der Waals surface area contributed by atoms with Gasteiger partial charge in [0.25, 0.3) is 0 Å². The van der Waals surface area contributed by atoms with Gasteiger partial charge in [-0.2, -0.15) is 0 Å². The molecule has 1 aromatic heterocycles. The summed E-state index contributed by atoms with van der Waals surface area (Å²) < 4.78 is 11.5. The van der Waals surface area contributed by atoms with Crippen molar-refractivity contribution in [2.24, 2.45) is 5.92 Å². The van der Waals surface area contributed by atoms with Crippen LogP contribution in [0.1, 0.15) is 19.3 Å². The zero-order valence-corrected chi connectivity index (χ0v) is 12.3. The molecule has 2 aliphatic heterocycles. The van der Waals surface area contributed by atoms with Crippen molar-refractivity contribution >= 4 is 11.6 Å². The third-order valence-corrected chi connectivity index (χ3v) is 4.56. The Labute approximate surface area is 124 Å². The minimum Gasteiger partial charge on any atom is -0.378 e. The molecule has 114 valence electrons. The number of nitrogens with zero attached hydrogens (tertiary/aromatic N) is 3. The third-order valence-electron chi connectivity index (χ3n) is 4.56. The van der Waals surface area contributed by atoms with Crippen molar-refractivity contribution in [2.45, 2.75) is 24.9 Å². The van der Waals surface area contributed by atoms with Gasteiger partial charge >= 0.3 is 0 Å². The molecule has 0 bridgehead atoms. The van der Waals surface area contributed by atoms with Gasteiger partial charge in [-0.15, -0.1) is 0 Å². The van der Waals surface area contributed by atoms with Gasteiger partial charge in [-0.05, 0) is 18.8 Å². The topological polar surface area (TPSA) is 59.5 Å². The molecule has 4 rings (SSSR count). The molecule has 3 heterocycles. The highest BCUT2D eigenvalue weighted by Gasteiger charge is 2.40. The lowest BCUT2D eigenvalue weighted by Gasteiger charge is -2.40. The molecular weight excluding hydrogens is 268 g/mol. The second kappa shape index (κ2) is 5.42. The Kier molecular flexibility index (Phi) is 3.43. The van der Waals surface area contributed by atoms with E-state index in [1.54, 1.807) is 6.33 Å². The van der Waals surface area contributed by atoms with Crippen LogP contribution in [-0.4, -0.2) is 55.0 Å². The number of morpholine rings is 1. The molecule has 0 aromatic carbocycles. The van der Waals surface area contributed by atoms with Gasteiger partial charge in [-0.1, -0.05) is 0 Å². The molecule has 0 radical (unpaired) electrons. The van der Waals surface area contributed by atoms with Crippen molar-refractivity contribution in [3.63, 3.8) is 0 Å². The van der Waals surface area contributed by atoms with Gasteiger partial charge < -0.3 is 19.7 Å². The maximum absolute atomic E-state index is 5.97. The summed E-state index contributed by atoms with van der Waals surface area (Å²) in [6, 6.07) is 2.05. The van der Waals surface area contributed by atoms with Crippen LogP contribution in [0.2, 0.25) is 0 Å². The molecule has 0 amide bonds. The molecule has 6 heteroatoms. The van der Waals surface area contributed by atoms with Gasteiger partial charge in [-0.3, -0.25) is 0 Å². The predicted octanol–water partition coefficient (Wildman–Crippen LogP) is 1.29. The maximum Gasteiger partial charge on any atom is 0.134 e. The van der Waals surface area contributed by atoms with Gasteiger partial charge in [-0.25, -0.2) is 9.97 Å². The van der Waals surface area contributed by atoms with E-state index in [2.05, 4.69) is 26.3 Å². The Bertz CT molecular complexity index is 500. The van der Waals surface area contributed by atoms with Crippen molar-refractivity contribution in [3.05, 3.63) is 12.4 Å². The van der Waals surface area contributed by atoms with Crippen molar-refractivity contribution in [3.8, 4) is 0 Å². The molecule has 1 spiro atoms. The fraction of sp³-hybridized carbons (Fsp3) is 0.733. The van der Waals surface area contributed by atoms with E-state index >= 15 is 0 Å². The largest absolute Gasteiger partial charge is 0.378 e. The highest BCUT2D eigenvalue weighted by molar-refractivity contribution is 5.49. The predicted molar refractivity (Wildman–Crippen MR) is 79.6 cm³/mol. The highest BCUT2D eigenvalue weighted by Crippen LogP contribution is 2.31. The molecular formula is C15H22N4O2. The third kappa shape index (κ3) is 2.96. The first-order chi connectivity index (χ1) is 10.3. The quantitative estimate of drug-likeness (QED) is 0.902. The number of hydrogen-bond acceptors (Lipinski definition) is 6. The van der Waals surface area contributed by atoms with Gasteiger partial charge in [0.1, 0.15) is 23.6 Å². The van der Waals surface area contributed by atoms with Gasteiger partial charge in [0.15, 0.2) is 0 Å². The van der Waals surface area contributed by atoms with Crippen molar-refractivity contribution < 1.29 is 9.47 Å². The SMILES string of the molecule is c1nc(NCC2CC2)cc(N2CCOC3(CCOC3)C2)n1. The number of nitrogens with one attached hydrogen (secondary N) is 1. The lowest BCUT2D eigenvalue weighted by molar-refractivity contribution is -0.0581.